The van der Waals surface area contributed by atoms with E-state index in [2.05, 4.69) is 0 Å². The Hall–Kier alpha value is -2.52. The molecule has 0 aliphatic heterocycles. The van der Waals surface area contributed by atoms with E-state index in [1.807, 2.05) is 6.92 Å². The predicted molar refractivity (Wildman–Crippen MR) is 131 cm³/mol. The third-order valence-electron chi connectivity index (χ3n) is 4.99. The highest BCUT2D eigenvalue weighted by atomic mass is 35.5. The fraction of sp³-hybridized carbons (Fsp3) is 0.174. The monoisotopic (exact) mass is 523 g/mol. The van der Waals surface area contributed by atoms with E-state index in [0.29, 0.717) is 43.7 Å². The standard InChI is InChI=1S/C23H19Cl2NO5S2/c1-2-31-18-4-5-20-19(12-18)14(3-7-22(27)28)13-26(20)33(29,30)23-8-6-21(32-23)15-9-16(24)11-17(25)10-15/h4-6,8-13H,2-3,7H2,1H3,(H,27,28). The maximum Gasteiger partial charge on any atom is 0.303 e. The smallest absolute Gasteiger partial charge is 0.303 e. The van der Waals surface area contributed by atoms with Gasteiger partial charge in [0.25, 0.3) is 10.0 Å². The number of hydrogen-bond donors (Lipinski definition) is 1. The zero-order chi connectivity index (χ0) is 23.8. The number of carboxylic acids is 1. The second kappa shape index (κ2) is 9.38. The van der Waals surface area contributed by atoms with Gasteiger partial charge in [0.05, 0.1) is 12.1 Å². The molecule has 0 fully saturated rings. The van der Waals surface area contributed by atoms with Crippen LogP contribution in [0.1, 0.15) is 18.9 Å². The number of rotatable bonds is 8. The Kier molecular flexibility index (Phi) is 6.72. The predicted octanol–water partition coefficient (Wildman–Crippen LogP) is 6.33. The molecule has 0 unspecified atom stereocenters. The molecule has 2 aromatic carbocycles. The van der Waals surface area contributed by atoms with Crippen molar-refractivity contribution in [2.45, 2.75) is 24.0 Å². The van der Waals surface area contributed by atoms with Crippen LogP contribution in [0.4, 0.5) is 0 Å². The normalized spacial score (nSPS) is 11.7. The fourth-order valence-electron chi connectivity index (χ4n) is 3.55. The minimum Gasteiger partial charge on any atom is -0.494 e. The first-order chi connectivity index (χ1) is 15.7. The molecule has 0 spiro atoms. The topological polar surface area (TPSA) is 85.6 Å². The molecule has 0 atom stereocenters. The Morgan fingerprint density at radius 2 is 1.82 bits per heavy atom. The summed E-state index contributed by atoms with van der Waals surface area (Å²) in [7, 11) is -3.93. The number of hydrogen-bond acceptors (Lipinski definition) is 5. The molecule has 172 valence electrons. The molecule has 0 saturated carbocycles. The second-order valence-electron chi connectivity index (χ2n) is 7.24. The van der Waals surface area contributed by atoms with Crippen LogP contribution in [-0.2, 0) is 21.2 Å². The van der Waals surface area contributed by atoms with E-state index < -0.39 is 16.0 Å². The molecule has 0 radical (unpaired) electrons. The molecule has 4 rings (SSSR count). The molecule has 1 N–H and O–H groups in total. The summed E-state index contributed by atoms with van der Waals surface area (Å²) in [5.41, 5.74) is 1.80. The van der Waals surface area contributed by atoms with Crippen LogP contribution >= 0.6 is 34.5 Å². The molecule has 0 amide bonds. The minimum atomic E-state index is -3.93. The van der Waals surface area contributed by atoms with E-state index in [1.54, 1.807) is 48.5 Å². The van der Waals surface area contributed by atoms with Crippen LogP contribution in [0.25, 0.3) is 21.3 Å². The SMILES string of the molecule is CCOc1ccc2c(c1)c(CCC(=O)O)cn2S(=O)(=O)c1ccc(-c2cc(Cl)cc(Cl)c2)s1. The molecule has 2 aromatic heterocycles. The van der Waals surface area contributed by atoms with Crippen molar-refractivity contribution in [1.82, 2.24) is 3.97 Å². The summed E-state index contributed by atoms with van der Waals surface area (Å²) >= 11 is 13.3. The van der Waals surface area contributed by atoms with Crippen LogP contribution in [0.5, 0.6) is 5.75 Å². The number of carbonyl (C=O) groups is 1. The average molecular weight is 524 g/mol. The van der Waals surface area contributed by atoms with Crippen molar-refractivity contribution in [2.24, 2.45) is 0 Å². The lowest BCUT2D eigenvalue weighted by atomic mass is 10.1. The van der Waals surface area contributed by atoms with Gasteiger partial charge in [0.2, 0.25) is 0 Å². The summed E-state index contributed by atoms with van der Waals surface area (Å²) in [6.07, 6.45) is 1.58. The number of aromatic nitrogens is 1. The molecule has 0 bridgehead atoms. The number of ether oxygens (including phenoxy) is 1. The Balaban J connectivity index is 1.80. The second-order valence-corrected chi connectivity index (χ2v) is 11.2. The Morgan fingerprint density at radius 3 is 2.48 bits per heavy atom. The lowest BCUT2D eigenvalue weighted by Gasteiger charge is -2.07. The number of carboxylic acid groups (broad SMARTS) is 1. The first-order valence-corrected chi connectivity index (χ1v) is 13.0. The molecule has 10 heteroatoms. The van der Waals surface area contributed by atoms with Crippen molar-refractivity contribution in [3.8, 4) is 16.2 Å². The quantitative estimate of drug-likeness (QED) is 0.291. The fourth-order valence-corrected chi connectivity index (χ4v) is 6.85. The first-order valence-electron chi connectivity index (χ1n) is 9.99. The number of nitrogens with zero attached hydrogens (tertiary/aromatic N) is 1. The summed E-state index contributed by atoms with van der Waals surface area (Å²) in [6.45, 7) is 2.31. The van der Waals surface area contributed by atoms with Crippen molar-refractivity contribution in [3.63, 3.8) is 0 Å². The zero-order valence-corrected chi connectivity index (χ0v) is 20.6. The average Bonchev–Trinajstić information content (AvgIpc) is 3.38. The number of thiophene rings is 1. The molecule has 6 nitrogen and oxygen atoms in total. The van der Waals surface area contributed by atoms with Crippen LogP contribution in [-0.4, -0.2) is 30.1 Å². The molecule has 2 heterocycles. The van der Waals surface area contributed by atoms with Gasteiger partial charge in [0, 0.05) is 32.9 Å². The number of aliphatic carboxylic acids is 1. The van der Waals surface area contributed by atoms with Crippen LogP contribution < -0.4 is 4.74 Å². The summed E-state index contributed by atoms with van der Waals surface area (Å²) in [5, 5.41) is 10.7. The molecule has 4 aromatic rings. The van der Waals surface area contributed by atoms with Gasteiger partial charge in [-0.3, -0.25) is 4.79 Å². The zero-order valence-electron chi connectivity index (χ0n) is 17.4. The molecule has 0 saturated heterocycles. The van der Waals surface area contributed by atoms with Crippen molar-refractivity contribution in [3.05, 3.63) is 70.3 Å². The van der Waals surface area contributed by atoms with Crippen LogP contribution in [0.3, 0.4) is 0 Å². The summed E-state index contributed by atoms with van der Waals surface area (Å²) in [4.78, 5) is 11.8. The van der Waals surface area contributed by atoms with Crippen LogP contribution in [0, 0.1) is 0 Å². The van der Waals surface area contributed by atoms with Crippen molar-refractivity contribution in [2.75, 3.05) is 6.61 Å². The molecular formula is C23H19Cl2NO5S2. The Bertz CT molecular complexity index is 1440. The number of benzene rings is 2. The lowest BCUT2D eigenvalue weighted by molar-refractivity contribution is -0.136. The maximum absolute atomic E-state index is 13.6. The van der Waals surface area contributed by atoms with E-state index in [-0.39, 0.29) is 17.1 Å². The van der Waals surface area contributed by atoms with Gasteiger partial charge in [-0.1, -0.05) is 23.2 Å². The number of aryl methyl sites for hydroxylation is 1. The molecule has 0 aliphatic rings. The van der Waals surface area contributed by atoms with Gasteiger partial charge in [0.15, 0.2) is 0 Å². The van der Waals surface area contributed by atoms with E-state index in [1.165, 1.54) is 10.2 Å². The number of halogens is 2. The highest BCUT2D eigenvalue weighted by Crippen LogP contribution is 2.36. The van der Waals surface area contributed by atoms with Crippen molar-refractivity contribution in [1.29, 1.82) is 0 Å². The number of fused-ring (bicyclic) bond motifs is 1. The van der Waals surface area contributed by atoms with E-state index in [9.17, 15) is 13.2 Å². The van der Waals surface area contributed by atoms with E-state index in [0.717, 1.165) is 16.9 Å². The van der Waals surface area contributed by atoms with Gasteiger partial charge < -0.3 is 9.84 Å². The Labute approximate surface area is 205 Å². The largest absolute Gasteiger partial charge is 0.494 e. The summed E-state index contributed by atoms with van der Waals surface area (Å²) < 4.78 is 34.0. The first kappa shape index (κ1) is 23.6. The van der Waals surface area contributed by atoms with Gasteiger partial charge in [-0.05, 0) is 73.0 Å². The molecular weight excluding hydrogens is 505 g/mol. The third kappa shape index (κ3) is 4.89. The van der Waals surface area contributed by atoms with Crippen molar-refractivity contribution >= 4 is 61.4 Å². The minimum absolute atomic E-state index is 0.114. The van der Waals surface area contributed by atoms with E-state index in [4.69, 9.17) is 33.0 Å². The highest BCUT2D eigenvalue weighted by molar-refractivity contribution is 7.92. The summed E-state index contributed by atoms with van der Waals surface area (Å²) in [5.74, 6) is -0.365. The van der Waals surface area contributed by atoms with Gasteiger partial charge in [-0.2, -0.15) is 8.42 Å². The maximum atomic E-state index is 13.6. The molecule has 33 heavy (non-hydrogen) atoms. The van der Waals surface area contributed by atoms with E-state index >= 15 is 0 Å². The Morgan fingerprint density at radius 1 is 1.09 bits per heavy atom. The van der Waals surface area contributed by atoms with Crippen LogP contribution in [0.15, 0.2) is 58.9 Å². The van der Waals surface area contributed by atoms with Crippen LogP contribution in [0.2, 0.25) is 10.0 Å². The lowest BCUT2D eigenvalue weighted by Crippen LogP contribution is -2.10. The van der Waals surface area contributed by atoms with Gasteiger partial charge >= 0.3 is 5.97 Å². The highest BCUT2D eigenvalue weighted by Gasteiger charge is 2.24. The van der Waals surface area contributed by atoms with Gasteiger partial charge in [-0.25, -0.2) is 3.97 Å². The summed E-state index contributed by atoms with van der Waals surface area (Å²) in [6, 6.07) is 13.4. The van der Waals surface area contributed by atoms with Crippen molar-refractivity contribution < 1.29 is 23.1 Å². The van der Waals surface area contributed by atoms with Gasteiger partial charge in [0.1, 0.15) is 9.96 Å². The molecule has 0 aliphatic carbocycles. The third-order valence-corrected chi connectivity index (χ3v) is 8.70. The van der Waals surface area contributed by atoms with Gasteiger partial charge in [-0.15, -0.1) is 11.3 Å².